The van der Waals surface area contributed by atoms with Gasteiger partial charge < -0.3 is 5.11 Å². The van der Waals surface area contributed by atoms with Crippen LogP contribution in [0.3, 0.4) is 0 Å². The van der Waals surface area contributed by atoms with Gasteiger partial charge in [-0.2, -0.15) is 0 Å². The number of Topliss-reactive ketones (excluding diaryl/α,β-unsaturated/α-hetero) is 2. The van der Waals surface area contributed by atoms with Crippen molar-refractivity contribution in [3.63, 3.8) is 0 Å². The highest BCUT2D eigenvalue weighted by Crippen LogP contribution is 2.35. The second-order valence-corrected chi connectivity index (χ2v) is 11.1. The summed E-state index contributed by atoms with van der Waals surface area (Å²) in [6.07, 6.45) is 6.88. The van der Waals surface area contributed by atoms with Crippen molar-refractivity contribution in [3.8, 4) is 0 Å². The number of aliphatic hydroxyl groups excluding tert-OH is 1. The van der Waals surface area contributed by atoms with Gasteiger partial charge in [-0.3, -0.25) is 9.59 Å². The molecule has 1 N–H and O–H groups in total. The monoisotopic (exact) mass is 424 g/mol. The van der Waals surface area contributed by atoms with Gasteiger partial charge in [0.2, 0.25) is 0 Å². The van der Waals surface area contributed by atoms with E-state index in [9.17, 15) is 14.7 Å². The number of fused-ring (bicyclic) bond motifs is 1. The molecule has 1 aliphatic carbocycles. The molecule has 0 fully saturated rings. The largest absolute Gasteiger partial charge is 0.396 e. The van der Waals surface area contributed by atoms with Gasteiger partial charge in [-0.05, 0) is 56.3 Å². The van der Waals surface area contributed by atoms with Gasteiger partial charge in [0.05, 0.1) is 0 Å². The Morgan fingerprint density at radius 3 is 2.19 bits per heavy atom. The van der Waals surface area contributed by atoms with Gasteiger partial charge in [-0.25, -0.2) is 0 Å². The number of ketones is 2. The van der Waals surface area contributed by atoms with E-state index in [1.54, 1.807) is 25.1 Å². The Kier molecular flexibility index (Phi) is 8.21. The molecule has 31 heavy (non-hydrogen) atoms. The van der Waals surface area contributed by atoms with Crippen LogP contribution in [-0.4, -0.2) is 23.3 Å². The maximum absolute atomic E-state index is 12.9. The minimum Gasteiger partial charge on any atom is -0.396 e. The minimum absolute atomic E-state index is 0.0173. The number of hydrogen-bond donors (Lipinski definition) is 1. The van der Waals surface area contributed by atoms with E-state index >= 15 is 0 Å². The van der Waals surface area contributed by atoms with Gasteiger partial charge in [0.1, 0.15) is 0 Å². The molecule has 3 heteroatoms. The first-order chi connectivity index (χ1) is 14.4. The number of carbonyl (C=O) groups is 2. The first-order valence-electron chi connectivity index (χ1n) is 11.5. The van der Waals surface area contributed by atoms with Gasteiger partial charge in [0.25, 0.3) is 0 Å². The Balaban J connectivity index is 2.00. The van der Waals surface area contributed by atoms with E-state index in [0.29, 0.717) is 34.6 Å². The molecular weight excluding hydrogens is 384 g/mol. The maximum atomic E-state index is 12.9. The topological polar surface area (TPSA) is 54.4 Å². The van der Waals surface area contributed by atoms with Crippen LogP contribution in [0.2, 0.25) is 0 Å². The lowest BCUT2D eigenvalue weighted by Gasteiger charge is -2.30. The highest BCUT2D eigenvalue weighted by Gasteiger charge is 2.29. The summed E-state index contributed by atoms with van der Waals surface area (Å²) < 4.78 is 0. The van der Waals surface area contributed by atoms with Crippen molar-refractivity contribution in [1.29, 1.82) is 0 Å². The van der Waals surface area contributed by atoms with Crippen LogP contribution < -0.4 is 0 Å². The van der Waals surface area contributed by atoms with Gasteiger partial charge in [0, 0.05) is 28.9 Å². The third-order valence-corrected chi connectivity index (χ3v) is 6.54. The van der Waals surface area contributed by atoms with Crippen molar-refractivity contribution in [2.75, 3.05) is 6.61 Å². The molecular formula is C28H40O3. The van der Waals surface area contributed by atoms with Gasteiger partial charge in [-0.15, -0.1) is 0 Å². The fourth-order valence-corrected chi connectivity index (χ4v) is 4.74. The molecule has 0 aliphatic heterocycles. The van der Waals surface area contributed by atoms with E-state index in [1.807, 2.05) is 6.07 Å². The second-order valence-electron chi connectivity index (χ2n) is 11.1. The van der Waals surface area contributed by atoms with Crippen molar-refractivity contribution >= 4 is 11.6 Å². The minimum atomic E-state index is -0.0311. The Hall–Kier alpha value is -2.00. The van der Waals surface area contributed by atoms with Crippen LogP contribution >= 0.6 is 0 Å². The smallest absolute Gasteiger partial charge is 0.190 e. The summed E-state index contributed by atoms with van der Waals surface area (Å²) in [5.74, 6) is 0.525. The lowest BCUT2D eigenvalue weighted by atomic mass is 9.76. The maximum Gasteiger partial charge on any atom is 0.190 e. The summed E-state index contributed by atoms with van der Waals surface area (Å²) in [7, 11) is 0. The molecule has 1 aromatic carbocycles. The van der Waals surface area contributed by atoms with Crippen molar-refractivity contribution in [2.45, 2.75) is 80.6 Å². The molecule has 1 aromatic rings. The van der Waals surface area contributed by atoms with Crippen LogP contribution in [0.25, 0.3) is 0 Å². The van der Waals surface area contributed by atoms with Gasteiger partial charge >= 0.3 is 0 Å². The number of hydrogen-bond acceptors (Lipinski definition) is 3. The SMILES string of the molecule is CC1=C(C/C=C(\C)CC(C)(C)CCC(C)CC(C)(C)CO)C(=O)c2ccccc2C1=O. The summed E-state index contributed by atoms with van der Waals surface area (Å²) in [4.78, 5) is 25.6. The average molecular weight is 425 g/mol. The predicted octanol–water partition coefficient (Wildman–Crippen LogP) is 6.96. The lowest BCUT2D eigenvalue weighted by Crippen LogP contribution is -2.21. The predicted molar refractivity (Wildman–Crippen MR) is 128 cm³/mol. The number of aliphatic hydroxyl groups is 1. The molecule has 170 valence electrons. The van der Waals surface area contributed by atoms with Gasteiger partial charge in [-0.1, -0.05) is 77.0 Å². The highest BCUT2D eigenvalue weighted by atomic mass is 16.3. The van der Waals surface area contributed by atoms with E-state index in [4.69, 9.17) is 0 Å². The first kappa shape index (κ1) is 25.3. The van der Waals surface area contributed by atoms with Crippen molar-refractivity contribution < 1.29 is 14.7 Å². The summed E-state index contributed by atoms with van der Waals surface area (Å²) in [6, 6.07) is 7.11. The molecule has 1 aliphatic rings. The third kappa shape index (κ3) is 6.74. The van der Waals surface area contributed by atoms with Crippen LogP contribution in [-0.2, 0) is 0 Å². The number of benzene rings is 1. The summed E-state index contributed by atoms with van der Waals surface area (Å²) in [5, 5.41) is 9.51. The third-order valence-electron chi connectivity index (χ3n) is 6.54. The standard InChI is InChI=1S/C28H40O3/c1-19(16-27(4,5)15-14-20(2)17-28(6,7)18-29)12-13-22-21(3)25(30)23-10-8-9-11-24(23)26(22)31/h8-12,20,29H,13-18H2,1-7H3/b19-12+. The molecule has 0 saturated carbocycles. The lowest BCUT2D eigenvalue weighted by molar-refractivity contribution is 0.0973. The number of rotatable bonds is 10. The molecule has 0 saturated heterocycles. The molecule has 1 atom stereocenters. The Morgan fingerprint density at radius 1 is 1.03 bits per heavy atom. The van der Waals surface area contributed by atoms with E-state index in [2.05, 4.69) is 47.6 Å². The van der Waals surface area contributed by atoms with Crippen molar-refractivity contribution in [3.05, 3.63) is 58.2 Å². The van der Waals surface area contributed by atoms with Crippen LogP contribution in [0.5, 0.6) is 0 Å². The van der Waals surface area contributed by atoms with Gasteiger partial charge in [0.15, 0.2) is 11.6 Å². The number of allylic oxidation sites excluding steroid dienone is 4. The normalized spacial score (nSPS) is 16.6. The molecule has 1 unspecified atom stereocenters. The Labute approximate surface area is 188 Å². The zero-order valence-electron chi connectivity index (χ0n) is 20.5. The number of carbonyl (C=O) groups excluding carboxylic acids is 2. The molecule has 0 heterocycles. The Bertz CT molecular complexity index is 883. The van der Waals surface area contributed by atoms with Crippen LogP contribution in [0.15, 0.2) is 47.1 Å². The molecule has 0 amide bonds. The quantitative estimate of drug-likeness (QED) is 0.413. The molecule has 3 nitrogen and oxygen atoms in total. The Morgan fingerprint density at radius 2 is 1.61 bits per heavy atom. The van der Waals surface area contributed by atoms with Crippen LogP contribution in [0, 0.1) is 16.7 Å². The zero-order valence-corrected chi connectivity index (χ0v) is 20.5. The summed E-state index contributed by atoms with van der Waals surface area (Å²) in [6.45, 7) is 15.2. The molecule has 2 rings (SSSR count). The van der Waals surface area contributed by atoms with E-state index in [-0.39, 0.29) is 29.0 Å². The van der Waals surface area contributed by atoms with E-state index in [0.717, 1.165) is 25.7 Å². The molecule has 0 bridgehead atoms. The van der Waals surface area contributed by atoms with E-state index in [1.165, 1.54) is 5.57 Å². The second kappa shape index (κ2) is 10.1. The fraction of sp³-hybridized carbons (Fsp3) is 0.571. The van der Waals surface area contributed by atoms with Crippen LogP contribution in [0.1, 0.15) is 101 Å². The molecule has 0 spiro atoms. The average Bonchev–Trinajstić information content (AvgIpc) is 2.70. The fourth-order valence-electron chi connectivity index (χ4n) is 4.74. The van der Waals surface area contributed by atoms with Crippen molar-refractivity contribution in [1.82, 2.24) is 0 Å². The summed E-state index contributed by atoms with van der Waals surface area (Å²) >= 11 is 0. The summed E-state index contributed by atoms with van der Waals surface area (Å²) in [5.41, 5.74) is 3.66. The van der Waals surface area contributed by atoms with E-state index < -0.39 is 0 Å². The van der Waals surface area contributed by atoms with Crippen molar-refractivity contribution in [2.24, 2.45) is 16.7 Å². The zero-order chi connectivity index (χ0) is 23.4. The molecule has 0 aromatic heterocycles. The molecule has 0 radical (unpaired) electrons. The highest BCUT2D eigenvalue weighted by molar-refractivity contribution is 6.26. The first-order valence-corrected chi connectivity index (χ1v) is 11.5. The van der Waals surface area contributed by atoms with Crippen LogP contribution in [0.4, 0.5) is 0 Å².